The van der Waals surface area contributed by atoms with Crippen molar-refractivity contribution >= 4 is 34.3 Å². The molecule has 1 unspecified atom stereocenters. The van der Waals surface area contributed by atoms with Crippen molar-refractivity contribution in [3.63, 3.8) is 0 Å². The van der Waals surface area contributed by atoms with Crippen LogP contribution in [0.5, 0.6) is 6.01 Å². The Morgan fingerprint density at radius 1 is 0.806 bits per heavy atom. The third-order valence-electron chi connectivity index (χ3n) is 15.7. The second-order valence-electron chi connectivity index (χ2n) is 21.3. The number of hydrogen-bond acceptors (Lipinski definition) is 10. The lowest BCUT2D eigenvalue weighted by molar-refractivity contribution is -0.129. The third-order valence-corrected chi connectivity index (χ3v) is 15.7. The summed E-state index contributed by atoms with van der Waals surface area (Å²) < 4.78 is 61.4. The van der Waals surface area contributed by atoms with Crippen LogP contribution >= 0.6 is 0 Å². The van der Waals surface area contributed by atoms with Crippen LogP contribution in [0.3, 0.4) is 0 Å². The lowest BCUT2D eigenvalue weighted by Crippen LogP contribution is -2.57. The maximum Gasteiger partial charge on any atom is 0.410 e. The Labute approximate surface area is 417 Å². The highest BCUT2D eigenvalue weighted by Crippen LogP contribution is 2.50. The van der Waals surface area contributed by atoms with Crippen LogP contribution in [0.25, 0.3) is 16.5 Å². The van der Waals surface area contributed by atoms with Crippen LogP contribution in [0, 0.1) is 11.6 Å². The number of alkyl halides is 1. The number of hydrogen-bond donors (Lipinski definition) is 0. The average Bonchev–Trinajstić information content (AvgIpc) is 3.88. The van der Waals surface area contributed by atoms with Crippen molar-refractivity contribution < 1.29 is 32.2 Å². The first-order chi connectivity index (χ1) is 34.8. The largest absolute Gasteiger partial charge is 0.461 e. The van der Waals surface area contributed by atoms with Crippen LogP contribution in [0.2, 0.25) is 0 Å². The number of amides is 2. The minimum atomic E-state index is -0.981. The maximum atomic E-state index is 18.0. The number of benzene rings is 4. The van der Waals surface area contributed by atoms with E-state index in [9.17, 15) is 9.18 Å². The van der Waals surface area contributed by atoms with E-state index >= 15 is 13.6 Å². The minimum Gasteiger partial charge on any atom is -0.461 e. The van der Waals surface area contributed by atoms with E-state index in [0.29, 0.717) is 49.4 Å². The van der Waals surface area contributed by atoms with Crippen LogP contribution in [-0.2, 0) is 21.6 Å². The number of aromatic nitrogens is 3. The molecule has 370 valence electrons. The molecule has 6 aliphatic heterocycles. The molecule has 15 heteroatoms. The highest BCUT2D eigenvalue weighted by molar-refractivity contribution is 5.95. The predicted molar refractivity (Wildman–Crippen MR) is 267 cm³/mol. The molecule has 8 heterocycles. The number of halogens is 3. The zero-order chi connectivity index (χ0) is 49.5. The molecule has 72 heavy (non-hydrogen) atoms. The zero-order valence-electron chi connectivity index (χ0n) is 40.7. The van der Waals surface area contributed by atoms with E-state index in [4.69, 9.17) is 24.4 Å². The van der Waals surface area contributed by atoms with Crippen LogP contribution < -0.4 is 9.64 Å². The predicted octanol–water partition coefficient (Wildman–Crippen LogP) is 9.25. The molecule has 0 radical (unpaired) electrons. The Balaban J connectivity index is 0.931. The summed E-state index contributed by atoms with van der Waals surface area (Å²) in [6.45, 7) is 8.03. The van der Waals surface area contributed by atoms with E-state index in [-0.39, 0.29) is 65.6 Å². The number of carbonyl (C=O) groups excluding carboxylic acids is 2. The molecule has 0 saturated carbocycles. The molecule has 6 aromatic rings. The second-order valence-corrected chi connectivity index (χ2v) is 21.3. The van der Waals surface area contributed by atoms with Crippen molar-refractivity contribution in [3.05, 3.63) is 167 Å². The number of ether oxygens (including phenoxy) is 2. The quantitative estimate of drug-likeness (QED) is 0.0975. The summed E-state index contributed by atoms with van der Waals surface area (Å²) >= 11 is 0. The molecule has 0 aliphatic carbocycles. The lowest BCUT2D eigenvalue weighted by atomic mass is 9.76. The first-order valence-electron chi connectivity index (χ1n) is 25.2. The van der Waals surface area contributed by atoms with Crippen molar-refractivity contribution in [2.24, 2.45) is 0 Å². The van der Waals surface area contributed by atoms with Crippen molar-refractivity contribution in [2.45, 2.75) is 100 Å². The number of carbonyl (C=O) groups is 2. The highest BCUT2D eigenvalue weighted by atomic mass is 19.1. The minimum absolute atomic E-state index is 0.0599. The smallest absolute Gasteiger partial charge is 0.410 e. The molecular weight excluding hydrogens is 918 g/mol. The lowest BCUT2D eigenvalue weighted by Gasteiger charge is -2.42. The molecule has 4 aromatic carbocycles. The molecule has 6 aliphatic rings. The molecule has 2 aromatic heterocycles. The van der Waals surface area contributed by atoms with E-state index in [1.165, 1.54) is 18.5 Å². The Kier molecular flexibility index (Phi) is 11.4. The normalized spacial score (nSPS) is 24.8. The van der Waals surface area contributed by atoms with Gasteiger partial charge in [-0.05, 0) is 81.3 Å². The van der Waals surface area contributed by atoms with Crippen molar-refractivity contribution in [3.8, 4) is 6.01 Å². The van der Waals surface area contributed by atoms with Gasteiger partial charge in [0.15, 0.2) is 5.82 Å². The monoisotopic (exact) mass is 974 g/mol. The fourth-order valence-corrected chi connectivity index (χ4v) is 12.6. The second kappa shape index (κ2) is 17.7. The highest BCUT2D eigenvalue weighted by Gasteiger charge is 2.57. The van der Waals surface area contributed by atoms with E-state index in [1.807, 2.05) is 85.2 Å². The molecule has 5 fully saturated rings. The summed E-state index contributed by atoms with van der Waals surface area (Å²) in [7, 11) is 0. The summed E-state index contributed by atoms with van der Waals surface area (Å²) in [5.74, 6) is -1.25. The summed E-state index contributed by atoms with van der Waals surface area (Å²) in [5.41, 5.74) is 1.45. The van der Waals surface area contributed by atoms with Crippen LogP contribution in [-0.4, -0.2) is 121 Å². The van der Waals surface area contributed by atoms with E-state index < -0.39 is 40.5 Å². The molecule has 0 spiro atoms. The van der Waals surface area contributed by atoms with Gasteiger partial charge in [-0.25, -0.2) is 18.0 Å². The first kappa shape index (κ1) is 46.2. The van der Waals surface area contributed by atoms with Gasteiger partial charge in [0.2, 0.25) is 5.91 Å². The Morgan fingerprint density at radius 2 is 1.46 bits per heavy atom. The Morgan fingerprint density at radius 3 is 2.10 bits per heavy atom. The number of piperazine rings is 1. The van der Waals surface area contributed by atoms with Gasteiger partial charge in [0.1, 0.15) is 47.3 Å². The fourth-order valence-electron chi connectivity index (χ4n) is 12.6. The van der Waals surface area contributed by atoms with Crippen LogP contribution in [0.15, 0.2) is 122 Å². The van der Waals surface area contributed by atoms with Crippen molar-refractivity contribution in [2.75, 3.05) is 44.2 Å². The summed E-state index contributed by atoms with van der Waals surface area (Å²) in [5, 5.41) is 0.310. The number of rotatable bonds is 10. The topological polar surface area (TPSA) is 107 Å². The number of anilines is 1. The summed E-state index contributed by atoms with van der Waals surface area (Å²) in [6, 6.07) is 34.1. The van der Waals surface area contributed by atoms with Crippen LogP contribution in [0.1, 0.15) is 86.4 Å². The van der Waals surface area contributed by atoms with Gasteiger partial charge in [-0.1, -0.05) is 103 Å². The van der Waals surface area contributed by atoms with E-state index in [2.05, 4.69) is 46.2 Å². The van der Waals surface area contributed by atoms with Crippen molar-refractivity contribution in [1.29, 1.82) is 0 Å². The maximum absolute atomic E-state index is 18.0. The number of nitrogens with zero attached hydrogens (tertiary/aromatic N) is 8. The molecule has 12 rings (SSSR count). The molecule has 0 N–H and O–H groups in total. The van der Waals surface area contributed by atoms with Crippen LogP contribution in [0.4, 0.5) is 23.8 Å². The molecule has 2 bridgehead atoms. The van der Waals surface area contributed by atoms with Gasteiger partial charge in [-0.15, -0.1) is 0 Å². The molecule has 12 nitrogen and oxygen atoms in total. The van der Waals surface area contributed by atoms with Gasteiger partial charge in [0.05, 0.1) is 35.1 Å². The number of pyridine rings is 1. The number of fused-ring (bicyclic) bond motifs is 5. The van der Waals surface area contributed by atoms with Gasteiger partial charge in [0.25, 0.3) is 0 Å². The Hall–Kier alpha value is -6.84. The molecule has 6 atom stereocenters. The molecule has 5 saturated heterocycles. The van der Waals surface area contributed by atoms with Gasteiger partial charge in [-0.3, -0.25) is 24.5 Å². The third kappa shape index (κ3) is 7.86. The average molecular weight is 975 g/mol. The summed E-state index contributed by atoms with van der Waals surface area (Å²) in [6.07, 6.45) is 5.19. The van der Waals surface area contributed by atoms with Crippen molar-refractivity contribution in [1.82, 2.24) is 34.6 Å². The first-order valence-corrected chi connectivity index (χ1v) is 25.2. The standard InChI is InChI=1S/C57H57F3N8O4/c1-55(2,3)72-54(70)68-41-23-24-42(68)32-64(31-41)51-43-28-61-49(48(60)50(43)62-53(63-51)71-35-56-25-14-26-66(56)30-40(58)27-56)44-33-65(29-36-15-13-22-45(59)47(36)44)52(69)46-34-67(46)57(37-16-7-4-8-17-37,38-18-9-5-10-19-38)39-20-11-6-12-21-39/h4-13,15-22,28,33,40-42,46H,14,23-27,29-32,34-35H2,1-3H3/t40-,41-,42+,46?,56+,67+/m1/s1. The van der Waals surface area contributed by atoms with Gasteiger partial charge in [-0.2, -0.15) is 9.97 Å². The van der Waals surface area contributed by atoms with Gasteiger partial charge < -0.3 is 19.3 Å². The fraction of sp³-hybridized carbons (Fsp3) is 0.386. The summed E-state index contributed by atoms with van der Waals surface area (Å²) in [4.78, 5) is 52.8. The van der Waals surface area contributed by atoms with E-state index in [1.54, 1.807) is 17.0 Å². The Bertz CT molecular complexity index is 2990. The van der Waals surface area contributed by atoms with E-state index in [0.717, 1.165) is 48.9 Å². The SMILES string of the molecule is CC(C)(C)OC(=O)N1[C@@H]2CC[C@H]1CN(c1nc(OC[C@@]34CCCN3C[C@H](F)C4)nc3c(F)c(C4=CN(C(=O)C5C[N@]5C(c5ccccc5)(c5ccccc5)c5ccccc5)Cc5cccc(F)c54)ncc13)C2. The van der Waals surface area contributed by atoms with Gasteiger partial charge >= 0.3 is 12.1 Å². The van der Waals surface area contributed by atoms with Gasteiger partial charge in [0, 0.05) is 56.1 Å². The zero-order valence-corrected chi connectivity index (χ0v) is 40.7. The molecule has 2 amide bonds. The molecular formula is C57H57F3N8O4.